The number of rotatable bonds is 3. The van der Waals surface area contributed by atoms with Gasteiger partial charge < -0.3 is 10.2 Å². The largest absolute Gasteiger partial charge is 0.337 e. The van der Waals surface area contributed by atoms with Gasteiger partial charge >= 0.3 is 0 Å². The molecule has 1 aliphatic heterocycles. The molecule has 2 aromatic rings. The third-order valence-electron chi connectivity index (χ3n) is 3.74. The van der Waals surface area contributed by atoms with Crippen LogP contribution in [0.15, 0.2) is 47.4 Å². The van der Waals surface area contributed by atoms with Crippen LogP contribution in [0.4, 0.5) is 5.69 Å². The quantitative estimate of drug-likeness (QED) is 0.898. The van der Waals surface area contributed by atoms with Gasteiger partial charge in [-0.2, -0.15) is 0 Å². The van der Waals surface area contributed by atoms with Crippen molar-refractivity contribution in [1.82, 2.24) is 4.90 Å². The summed E-state index contributed by atoms with van der Waals surface area (Å²) in [5.74, 6) is 0.639. The van der Waals surface area contributed by atoms with Gasteiger partial charge in [-0.15, -0.1) is 11.8 Å². The van der Waals surface area contributed by atoms with E-state index in [0.717, 1.165) is 16.2 Å². The Balaban J connectivity index is 1.78. The average molecular weight is 361 g/mol. The molecule has 1 N–H and O–H groups in total. The fraction of sp³-hybridized carbons (Fsp3) is 0.222. The van der Waals surface area contributed by atoms with Gasteiger partial charge in [-0.05, 0) is 35.9 Å². The molecule has 0 aliphatic carbocycles. The molecule has 2 aromatic carbocycles. The van der Waals surface area contributed by atoms with Gasteiger partial charge in [0, 0.05) is 41.2 Å². The van der Waals surface area contributed by atoms with Crippen LogP contribution in [0.5, 0.6) is 0 Å². The summed E-state index contributed by atoms with van der Waals surface area (Å²) >= 11 is 7.61. The molecule has 0 saturated heterocycles. The molecule has 0 saturated carbocycles. The maximum absolute atomic E-state index is 12.7. The molecule has 0 fully saturated rings. The Labute approximate surface area is 150 Å². The van der Waals surface area contributed by atoms with Crippen LogP contribution < -0.4 is 5.32 Å². The minimum absolute atomic E-state index is 0.0156. The van der Waals surface area contributed by atoms with Gasteiger partial charge in [0.15, 0.2) is 0 Å². The maximum Gasteiger partial charge on any atom is 0.253 e. The number of anilines is 1. The molecule has 24 heavy (non-hydrogen) atoms. The third kappa shape index (κ3) is 3.91. The summed E-state index contributed by atoms with van der Waals surface area (Å²) in [6, 6.07) is 12.9. The summed E-state index contributed by atoms with van der Waals surface area (Å²) in [4.78, 5) is 27.0. The van der Waals surface area contributed by atoms with E-state index in [1.165, 1.54) is 0 Å². The Morgan fingerprint density at radius 1 is 1.29 bits per heavy atom. The number of hydrogen-bond donors (Lipinski definition) is 1. The number of nitrogens with one attached hydrogen (secondary N) is 1. The van der Waals surface area contributed by atoms with Crippen molar-refractivity contribution in [2.45, 2.75) is 17.9 Å². The molecule has 124 valence electrons. The first-order valence-corrected chi connectivity index (χ1v) is 8.96. The molecule has 1 aliphatic rings. The minimum atomic E-state index is -0.0960. The van der Waals surface area contributed by atoms with Gasteiger partial charge in [0.1, 0.15) is 0 Å². The molecule has 0 aromatic heterocycles. The number of fused-ring (bicyclic) bond motifs is 1. The lowest BCUT2D eigenvalue weighted by Gasteiger charge is -2.18. The van der Waals surface area contributed by atoms with Gasteiger partial charge in [-0.3, -0.25) is 9.59 Å². The smallest absolute Gasteiger partial charge is 0.253 e. The first-order chi connectivity index (χ1) is 11.5. The van der Waals surface area contributed by atoms with Crippen molar-refractivity contribution in [3.05, 3.63) is 58.6 Å². The molecule has 4 nitrogen and oxygen atoms in total. The van der Waals surface area contributed by atoms with Crippen LogP contribution in [0.2, 0.25) is 5.02 Å². The number of amides is 2. The monoisotopic (exact) mass is 360 g/mol. The molecule has 1 heterocycles. The predicted octanol–water partition coefficient (Wildman–Crippen LogP) is 4.05. The standard InChI is InChI=1S/C18H17ClN2O2S/c1-21(11-12-3-2-4-14(19)9-12)18(23)13-5-6-16-15(10-13)20-17(22)7-8-24-16/h2-6,9-10H,7-8,11H2,1H3,(H,20,22). The van der Waals surface area contributed by atoms with E-state index < -0.39 is 0 Å². The lowest BCUT2D eigenvalue weighted by molar-refractivity contribution is -0.115. The van der Waals surface area contributed by atoms with Crippen molar-refractivity contribution in [2.24, 2.45) is 0 Å². The zero-order valence-corrected chi connectivity index (χ0v) is 14.8. The van der Waals surface area contributed by atoms with Crippen molar-refractivity contribution in [3.8, 4) is 0 Å². The number of hydrogen-bond acceptors (Lipinski definition) is 3. The molecule has 0 atom stereocenters. The summed E-state index contributed by atoms with van der Waals surface area (Å²) in [7, 11) is 1.75. The summed E-state index contributed by atoms with van der Waals surface area (Å²) < 4.78 is 0. The van der Waals surface area contributed by atoms with Crippen molar-refractivity contribution in [1.29, 1.82) is 0 Å². The molecule has 3 rings (SSSR count). The summed E-state index contributed by atoms with van der Waals surface area (Å²) in [5, 5.41) is 3.52. The first kappa shape index (κ1) is 16.9. The Hall–Kier alpha value is -1.98. The zero-order valence-electron chi connectivity index (χ0n) is 13.2. The fourth-order valence-corrected chi connectivity index (χ4v) is 3.70. The topological polar surface area (TPSA) is 49.4 Å². The van der Waals surface area contributed by atoms with Crippen LogP contribution in [0.1, 0.15) is 22.3 Å². The van der Waals surface area contributed by atoms with E-state index in [1.807, 2.05) is 24.3 Å². The van der Waals surface area contributed by atoms with Crippen LogP contribution >= 0.6 is 23.4 Å². The molecule has 0 spiro atoms. The number of nitrogens with zero attached hydrogens (tertiary/aromatic N) is 1. The highest BCUT2D eigenvalue weighted by Crippen LogP contribution is 2.31. The Morgan fingerprint density at radius 3 is 2.92 bits per heavy atom. The highest BCUT2D eigenvalue weighted by molar-refractivity contribution is 7.99. The zero-order chi connectivity index (χ0) is 17.1. The molecular formula is C18H17ClN2O2S. The van der Waals surface area contributed by atoms with E-state index >= 15 is 0 Å². The predicted molar refractivity (Wildman–Crippen MR) is 97.7 cm³/mol. The third-order valence-corrected chi connectivity index (χ3v) is 5.05. The number of thioether (sulfide) groups is 1. The molecule has 0 radical (unpaired) electrons. The Bertz CT molecular complexity index is 794. The van der Waals surface area contributed by atoms with Crippen LogP contribution in [-0.2, 0) is 11.3 Å². The van der Waals surface area contributed by atoms with Crippen molar-refractivity contribution < 1.29 is 9.59 Å². The van der Waals surface area contributed by atoms with Crippen LogP contribution in [-0.4, -0.2) is 29.5 Å². The molecule has 0 unspecified atom stereocenters. The second-order valence-electron chi connectivity index (χ2n) is 5.65. The van der Waals surface area contributed by atoms with E-state index in [1.54, 1.807) is 41.9 Å². The number of carbonyl (C=O) groups is 2. The van der Waals surface area contributed by atoms with Gasteiger partial charge in [-0.25, -0.2) is 0 Å². The van der Waals surface area contributed by atoms with Crippen LogP contribution in [0.3, 0.4) is 0 Å². The van der Waals surface area contributed by atoms with Crippen molar-refractivity contribution >= 4 is 40.9 Å². The van der Waals surface area contributed by atoms with Gasteiger partial charge in [0.25, 0.3) is 5.91 Å². The molecule has 6 heteroatoms. The summed E-state index contributed by atoms with van der Waals surface area (Å²) in [5.41, 5.74) is 2.24. The second-order valence-corrected chi connectivity index (χ2v) is 7.22. The van der Waals surface area contributed by atoms with Crippen molar-refractivity contribution in [3.63, 3.8) is 0 Å². The first-order valence-electron chi connectivity index (χ1n) is 7.59. The van der Waals surface area contributed by atoms with Gasteiger partial charge in [0.05, 0.1) is 5.69 Å². The lowest BCUT2D eigenvalue weighted by Crippen LogP contribution is -2.26. The van der Waals surface area contributed by atoms with E-state index in [0.29, 0.717) is 29.2 Å². The highest BCUT2D eigenvalue weighted by atomic mass is 35.5. The molecule has 0 bridgehead atoms. The normalized spacial score (nSPS) is 13.7. The van der Waals surface area contributed by atoms with E-state index in [2.05, 4.69) is 5.32 Å². The number of halogens is 1. The average Bonchev–Trinajstić information content (AvgIpc) is 2.73. The number of carbonyl (C=O) groups excluding carboxylic acids is 2. The van der Waals surface area contributed by atoms with Crippen molar-refractivity contribution in [2.75, 3.05) is 18.1 Å². The SMILES string of the molecule is CN(Cc1cccc(Cl)c1)C(=O)c1ccc2c(c1)NC(=O)CCS2. The Kier molecular flexibility index (Phi) is 5.11. The van der Waals surface area contributed by atoms with E-state index in [9.17, 15) is 9.59 Å². The van der Waals surface area contributed by atoms with Gasteiger partial charge in [0.2, 0.25) is 5.91 Å². The molecular weight excluding hydrogens is 344 g/mol. The lowest BCUT2D eigenvalue weighted by atomic mass is 10.1. The maximum atomic E-state index is 12.7. The fourth-order valence-electron chi connectivity index (χ4n) is 2.55. The van der Waals surface area contributed by atoms with Crippen LogP contribution in [0, 0.1) is 0 Å². The van der Waals surface area contributed by atoms with E-state index in [4.69, 9.17) is 11.6 Å². The van der Waals surface area contributed by atoms with Gasteiger partial charge in [-0.1, -0.05) is 23.7 Å². The number of benzene rings is 2. The van der Waals surface area contributed by atoms with E-state index in [-0.39, 0.29) is 11.8 Å². The summed E-state index contributed by atoms with van der Waals surface area (Å²) in [6.07, 6.45) is 0.483. The minimum Gasteiger partial charge on any atom is -0.337 e. The summed E-state index contributed by atoms with van der Waals surface area (Å²) in [6.45, 7) is 0.470. The second kappa shape index (κ2) is 7.28. The molecule has 2 amide bonds. The highest BCUT2D eigenvalue weighted by Gasteiger charge is 2.18. The van der Waals surface area contributed by atoms with Crippen LogP contribution in [0.25, 0.3) is 0 Å². The Morgan fingerprint density at radius 2 is 2.12 bits per heavy atom.